The lowest BCUT2D eigenvalue weighted by atomic mass is 9.44. The number of carbonyl (C=O) groups excluding carboxylic acids is 2. The number of methoxy groups -OCH3 is 4. The third kappa shape index (κ3) is 2.54. The van der Waals surface area contributed by atoms with Crippen LogP contribution in [-0.2, 0) is 40.1 Å². The number of fused-ring (bicyclic) bond motifs is 8. The van der Waals surface area contributed by atoms with Crippen LogP contribution in [0.1, 0.15) is 34.1 Å². The van der Waals surface area contributed by atoms with Gasteiger partial charge in [0, 0.05) is 72.2 Å². The van der Waals surface area contributed by atoms with E-state index in [9.17, 15) is 9.59 Å². The van der Waals surface area contributed by atoms with Gasteiger partial charge in [0.2, 0.25) is 11.6 Å². The van der Waals surface area contributed by atoms with Crippen molar-refractivity contribution in [2.24, 2.45) is 11.8 Å². The van der Waals surface area contributed by atoms with Crippen LogP contribution in [0.5, 0.6) is 0 Å². The van der Waals surface area contributed by atoms with Crippen molar-refractivity contribution in [1.29, 1.82) is 0 Å². The molecule has 32 heavy (non-hydrogen) atoms. The number of halogens is 2. The van der Waals surface area contributed by atoms with Crippen molar-refractivity contribution in [3.05, 3.63) is 67.6 Å². The van der Waals surface area contributed by atoms with E-state index >= 15 is 0 Å². The Labute approximate surface area is 202 Å². The summed E-state index contributed by atoms with van der Waals surface area (Å²) in [5.74, 6) is -5.26. The highest BCUT2D eigenvalue weighted by Gasteiger charge is 2.71. The Bertz CT molecular complexity index is 1050. The fourth-order valence-electron chi connectivity index (χ4n) is 6.11. The Morgan fingerprint density at radius 1 is 0.625 bits per heavy atom. The summed E-state index contributed by atoms with van der Waals surface area (Å²) in [4.78, 5) is 27.8. The van der Waals surface area contributed by atoms with Gasteiger partial charge in [-0.25, -0.2) is 0 Å². The standard InChI is InChI=1S/C24H22Br2O6/c1-29-23(30-2)15-7-5-11(25)9-13(15)17-18-14-10-12(26)6-8-16(14)24(31-3,32-4)22(28)20(18)19(17)21(23)27/h5-10,17-20H,1-4H3/t17-,18-,19-,20-/m0/s1. The fourth-order valence-corrected chi connectivity index (χ4v) is 6.86. The van der Waals surface area contributed by atoms with Crippen molar-refractivity contribution >= 4 is 43.4 Å². The highest BCUT2D eigenvalue weighted by molar-refractivity contribution is 9.10. The first-order valence-corrected chi connectivity index (χ1v) is 11.8. The highest BCUT2D eigenvalue weighted by atomic mass is 79.9. The van der Waals surface area contributed by atoms with Gasteiger partial charge in [-0.1, -0.05) is 44.0 Å². The van der Waals surface area contributed by atoms with E-state index in [1.165, 1.54) is 28.4 Å². The zero-order valence-electron chi connectivity index (χ0n) is 18.0. The lowest BCUT2D eigenvalue weighted by Gasteiger charge is -2.60. The number of hydrogen-bond donors (Lipinski definition) is 0. The topological polar surface area (TPSA) is 71.1 Å². The Morgan fingerprint density at radius 2 is 0.969 bits per heavy atom. The van der Waals surface area contributed by atoms with E-state index in [2.05, 4.69) is 31.9 Å². The second-order valence-corrected chi connectivity index (χ2v) is 10.2. The smallest absolute Gasteiger partial charge is 0.256 e. The molecule has 2 aromatic rings. The molecule has 4 atom stereocenters. The molecule has 1 saturated carbocycles. The van der Waals surface area contributed by atoms with Crippen LogP contribution in [-0.4, -0.2) is 40.0 Å². The number of benzene rings is 2. The van der Waals surface area contributed by atoms with E-state index in [1.807, 2.05) is 36.4 Å². The molecule has 0 amide bonds. The van der Waals surface area contributed by atoms with E-state index < -0.39 is 23.4 Å². The van der Waals surface area contributed by atoms with Crippen LogP contribution < -0.4 is 0 Å². The van der Waals surface area contributed by atoms with Crippen molar-refractivity contribution < 1.29 is 28.5 Å². The van der Waals surface area contributed by atoms with Gasteiger partial charge in [-0.3, -0.25) is 9.59 Å². The highest BCUT2D eigenvalue weighted by Crippen LogP contribution is 2.68. The predicted octanol–water partition coefficient (Wildman–Crippen LogP) is 4.38. The summed E-state index contributed by atoms with van der Waals surface area (Å²) in [6, 6.07) is 11.4. The van der Waals surface area contributed by atoms with Crippen LogP contribution in [0, 0.1) is 11.8 Å². The maximum absolute atomic E-state index is 13.9. The van der Waals surface area contributed by atoms with Gasteiger partial charge in [0.1, 0.15) is 0 Å². The molecule has 8 heteroatoms. The molecule has 0 unspecified atom stereocenters. The van der Waals surface area contributed by atoms with Crippen molar-refractivity contribution in [1.82, 2.24) is 0 Å². The average Bonchev–Trinajstić information content (AvgIpc) is 2.76. The Morgan fingerprint density at radius 3 is 1.28 bits per heavy atom. The lowest BCUT2D eigenvalue weighted by Crippen LogP contribution is -2.65. The molecule has 0 aliphatic heterocycles. The third-order valence-electron chi connectivity index (χ3n) is 7.41. The molecule has 0 spiro atoms. The van der Waals surface area contributed by atoms with E-state index in [0.29, 0.717) is 11.1 Å². The molecule has 5 rings (SSSR count). The summed E-state index contributed by atoms with van der Waals surface area (Å²) < 4.78 is 24.6. The van der Waals surface area contributed by atoms with Crippen LogP contribution in [0.3, 0.4) is 0 Å². The summed E-state index contributed by atoms with van der Waals surface area (Å²) >= 11 is 7.12. The molecule has 0 heterocycles. The summed E-state index contributed by atoms with van der Waals surface area (Å²) in [6.07, 6.45) is 0. The first kappa shape index (κ1) is 22.4. The van der Waals surface area contributed by atoms with Gasteiger partial charge in [-0.05, 0) is 35.4 Å². The van der Waals surface area contributed by atoms with Gasteiger partial charge < -0.3 is 18.9 Å². The summed E-state index contributed by atoms with van der Waals surface area (Å²) in [7, 11) is 5.81. The largest absolute Gasteiger partial charge is 0.343 e. The number of hydrogen-bond acceptors (Lipinski definition) is 6. The zero-order valence-corrected chi connectivity index (χ0v) is 21.2. The predicted molar refractivity (Wildman–Crippen MR) is 122 cm³/mol. The molecule has 0 saturated heterocycles. The maximum atomic E-state index is 13.9. The minimum Gasteiger partial charge on any atom is -0.343 e. The molecule has 3 aliphatic carbocycles. The Hall–Kier alpha value is -1.42. The normalized spacial score (nSPS) is 28.8. The van der Waals surface area contributed by atoms with E-state index in [0.717, 1.165) is 20.1 Å². The van der Waals surface area contributed by atoms with Gasteiger partial charge in [0.15, 0.2) is 0 Å². The first-order chi connectivity index (χ1) is 15.3. The molecular weight excluding hydrogens is 544 g/mol. The van der Waals surface area contributed by atoms with Gasteiger partial charge in [0.05, 0.1) is 0 Å². The number of Topliss-reactive ketones (excluding diaryl/α,β-unsaturated/α-hetero) is 2. The van der Waals surface area contributed by atoms with E-state index in [1.54, 1.807) is 0 Å². The molecule has 1 fully saturated rings. The van der Waals surface area contributed by atoms with Crippen molar-refractivity contribution in [3.8, 4) is 0 Å². The summed E-state index contributed by atoms with van der Waals surface area (Å²) in [5.41, 5.74) is 3.23. The quantitative estimate of drug-likeness (QED) is 0.512. The summed E-state index contributed by atoms with van der Waals surface area (Å²) in [5, 5.41) is 0. The molecule has 0 bridgehead atoms. The number of rotatable bonds is 4. The van der Waals surface area contributed by atoms with E-state index in [-0.39, 0.29) is 23.4 Å². The minimum atomic E-state index is -1.57. The molecule has 0 N–H and O–H groups in total. The third-order valence-corrected chi connectivity index (χ3v) is 8.39. The molecule has 3 aliphatic rings. The molecule has 168 valence electrons. The average molecular weight is 566 g/mol. The first-order valence-electron chi connectivity index (χ1n) is 10.2. The molecule has 2 aromatic carbocycles. The van der Waals surface area contributed by atoms with Gasteiger partial charge in [0.25, 0.3) is 11.6 Å². The summed E-state index contributed by atoms with van der Waals surface area (Å²) in [6.45, 7) is 0. The van der Waals surface area contributed by atoms with Crippen LogP contribution in [0.4, 0.5) is 0 Å². The lowest BCUT2D eigenvalue weighted by molar-refractivity contribution is -0.240. The SMILES string of the molecule is COC1(OC)C(=O)[C@@H]2[C@H]3C(=O)C(OC)(OC)c4ccc(Br)cc4[C@H]3[C@@H]2c2cc(Br)ccc21. The Kier molecular flexibility index (Phi) is 5.28. The van der Waals surface area contributed by atoms with Crippen LogP contribution >= 0.6 is 31.9 Å². The fraction of sp³-hybridized carbons (Fsp3) is 0.417. The zero-order chi connectivity index (χ0) is 23.0. The minimum absolute atomic E-state index is 0.192. The van der Waals surface area contributed by atoms with Crippen LogP contribution in [0.2, 0.25) is 0 Å². The second kappa shape index (κ2) is 7.55. The molecule has 0 aromatic heterocycles. The second-order valence-electron chi connectivity index (χ2n) is 8.34. The van der Waals surface area contributed by atoms with Gasteiger partial charge in [-0.15, -0.1) is 0 Å². The number of carbonyl (C=O) groups is 2. The monoisotopic (exact) mass is 564 g/mol. The van der Waals surface area contributed by atoms with Crippen LogP contribution in [0.15, 0.2) is 45.3 Å². The maximum Gasteiger partial charge on any atom is 0.256 e. The van der Waals surface area contributed by atoms with Crippen molar-refractivity contribution in [3.63, 3.8) is 0 Å². The van der Waals surface area contributed by atoms with Crippen LogP contribution in [0.25, 0.3) is 0 Å². The van der Waals surface area contributed by atoms with E-state index in [4.69, 9.17) is 18.9 Å². The number of ketones is 2. The molecular formula is C24H22Br2O6. The molecule has 6 nitrogen and oxygen atoms in total. The van der Waals surface area contributed by atoms with Gasteiger partial charge in [-0.2, -0.15) is 0 Å². The van der Waals surface area contributed by atoms with Gasteiger partial charge >= 0.3 is 0 Å². The number of ether oxygens (including phenoxy) is 4. The van der Waals surface area contributed by atoms with Crippen molar-refractivity contribution in [2.45, 2.75) is 23.4 Å². The molecule has 0 radical (unpaired) electrons. The Balaban J connectivity index is 1.80. The van der Waals surface area contributed by atoms with Crippen molar-refractivity contribution in [2.75, 3.05) is 28.4 Å².